The number of aryl methyl sites for hydroxylation is 1. The predicted molar refractivity (Wildman–Crippen MR) is 142 cm³/mol. The van der Waals surface area contributed by atoms with Crippen molar-refractivity contribution < 1.29 is 19.0 Å². The summed E-state index contributed by atoms with van der Waals surface area (Å²) in [4.78, 5) is 22.0. The van der Waals surface area contributed by atoms with E-state index in [1.54, 1.807) is 13.3 Å². The molecule has 2 saturated heterocycles. The fraction of sp³-hybridized carbons (Fsp3) is 0.483. The molecule has 1 N–H and O–H groups in total. The topological polar surface area (TPSA) is 87.5 Å². The second-order valence-electron chi connectivity index (χ2n) is 10.3. The van der Waals surface area contributed by atoms with Gasteiger partial charge in [0.2, 0.25) is 5.91 Å². The molecular weight excluding hydrogens is 468 g/mol. The van der Waals surface area contributed by atoms with E-state index in [0.29, 0.717) is 38.7 Å². The number of pyridine rings is 2. The molecular formula is C29H34N4O4. The molecule has 2 aliphatic heterocycles. The third-order valence-corrected chi connectivity index (χ3v) is 7.10. The monoisotopic (exact) mass is 502 g/mol. The number of hydrogen-bond acceptors (Lipinski definition) is 6. The van der Waals surface area contributed by atoms with Crippen LogP contribution in [0.3, 0.4) is 0 Å². The minimum atomic E-state index is -0.564. The number of hydrogen-bond donors (Lipinski definition) is 1. The smallest absolute Gasteiger partial charge is 0.225 e. The van der Waals surface area contributed by atoms with Gasteiger partial charge in [-0.3, -0.25) is 9.36 Å². The zero-order valence-electron chi connectivity index (χ0n) is 22.0. The predicted octanol–water partition coefficient (Wildman–Crippen LogP) is 4.51. The van der Waals surface area contributed by atoms with Gasteiger partial charge in [-0.05, 0) is 38.0 Å². The molecule has 3 aromatic rings. The van der Waals surface area contributed by atoms with Crippen molar-refractivity contribution >= 4 is 22.6 Å². The van der Waals surface area contributed by atoms with Crippen molar-refractivity contribution in [3.8, 4) is 17.7 Å². The number of fused-ring (bicyclic) bond motifs is 1. The summed E-state index contributed by atoms with van der Waals surface area (Å²) in [7, 11) is 1.71. The standard InChI is InChI=1S/C29H34N4O4/c1-5-6-7-27(34)32-25-14-23-22(15-30-25)21(8-9-28(3)17-37-18-28)16-33(23)26-13-20(2)12-24(31-26)29(35-4)10-11-36-19-29/h12-16H,5-7,10-11,17-19H2,1-4H3,(H,30,32,34)/t29-/m0/s1. The van der Waals surface area contributed by atoms with Gasteiger partial charge in [0, 0.05) is 50.4 Å². The number of carbonyl (C=O) groups excluding carboxylic acids is 1. The Hall–Kier alpha value is -3.25. The van der Waals surface area contributed by atoms with Crippen LogP contribution in [-0.4, -0.2) is 54.0 Å². The molecule has 8 heteroatoms. The van der Waals surface area contributed by atoms with Crippen LogP contribution in [-0.2, 0) is 24.6 Å². The minimum Gasteiger partial charge on any atom is -0.378 e. The summed E-state index contributed by atoms with van der Waals surface area (Å²) in [6, 6.07) is 6.00. The highest BCUT2D eigenvalue weighted by atomic mass is 16.5. The van der Waals surface area contributed by atoms with Crippen molar-refractivity contribution in [2.75, 3.05) is 38.9 Å². The van der Waals surface area contributed by atoms with Gasteiger partial charge in [-0.1, -0.05) is 25.2 Å². The number of unbranched alkanes of at least 4 members (excludes halogenated alkanes) is 1. The van der Waals surface area contributed by atoms with Gasteiger partial charge in [-0.25, -0.2) is 9.97 Å². The number of aromatic nitrogens is 3. The Bertz CT molecular complexity index is 1370. The maximum absolute atomic E-state index is 12.4. The van der Waals surface area contributed by atoms with Crippen LogP contribution in [0.2, 0.25) is 0 Å². The van der Waals surface area contributed by atoms with Gasteiger partial charge in [0.05, 0.1) is 42.0 Å². The van der Waals surface area contributed by atoms with Crippen LogP contribution >= 0.6 is 0 Å². The first kappa shape index (κ1) is 25.4. The first-order chi connectivity index (χ1) is 17.8. The Balaban J connectivity index is 1.61. The average molecular weight is 503 g/mol. The Morgan fingerprint density at radius 3 is 2.76 bits per heavy atom. The Morgan fingerprint density at radius 2 is 2.08 bits per heavy atom. The van der Waals surface area contributed by atoms with Gasteiger partial charge < -0.3 is 19.5 Å². The molecule has 0 unspecified atom stereocenters. The molecule has 5 rings (SSSR count). The number of nitrogens with one attached hydrogen (secondary N) is 1. The normalized spacial score (nSPS) is 20.3. The van der Waals surface area contributed by atoms with Crippen LogP contribution in [0.4, 0.5) is 5.82 Å². The number of anilines is 1. The SMILES string of the molecule is CCCCC(=O)Nc1cc2c(cn1)c(C#CC1(C)COC1)cn2-c1cc(C)cc([C@]2(OC)CCOC2)n1. The zero-order chi connectivity index (χ0) is 26.0. The number of methoxy groups -OCH3 is 1. The summed E-state index contributed by atoms with van der Waals surface area (Å²) in [5.41, 5.74) is 2.94. The van der Waals surface area contributed by atoms with Gasteiger partial charge >= 0.3 is 0 Å². The highest BCUT2D eigenvalue weighted by Crippen LogP contribution is 2.35. The molecule has 0 radical (unpaired) electrons. The lowest BCUT2D eigenvalue weighted by Gasteiger charge is -2.32. The molecule has 0 aromatic carbocycles. The molecule has 194 valence electrons. The van der Waals surface area contributed by atoms with Gasteiger partial charge in [0.1, 0.15) is 17.2 Å². The van der Waals surface area contributed by atoms with E-state index in [0.717, 1.165) is 52.8 Å². The average Bonchev–Trinajstić information content (AvgIpc) is 3.50. The number of amides is 1. The van der Waals surface area contributed by atoms with Gasteiger partial charge in [-0.15, -0.1) is 0 Å². The summed E-state index contributed by atoms with van der Waals surface area (Å²) in [5.74, 6) is 7.97. The molecule has 2 aliphatic rings. The highest BCUT2D eigenvalue weighted by molar-refractivity contribution is 5.94. The first-order valence-electron chi connectivity index (χ1n) is 12.9. The maximum Gasteiger partial charge on any atom is 0.225 e. The van der Waals surface area contributed by atoms with Crippen molar-refractivity contribution in [1.29, 1.82) is 0 Å². The summed E-state index contributed by atoms with van der Waals surface area (Å²) < 4.78 is 19.0. The number of ether oxygens (including phenoxy) is 3. The molecule has 8 nitrogen and oxygen atoms in total. The third-order valence-electron chi connectivity index (χ3n) is 7.10. The van der Waals surface area contributed by atoms with Crippen LogP contribution < -0.4 is 5.32 Å². The van der Waals surface area contributed by atoms with E-state index in [1.165, 1.54) is 0 Å². The minimum absolute atomic E-state index is 0.0380. The van der Waals surface area contributed by atoms with Crippen molar-refractivity contribution in [1.82, 2.24) is 14.5 Å². The molecule has 0 saturated carbocycles. The van der Waals surface area contributed by atoms with Gasteiger partial charge in [0.15, 0.2) is 0 Å². The largest absolute Gasteiger partial charge is 0.378 e. The second kappa shape index (κ2) is 10.3. The lowest BCUT2D eigenvalue weighted by atomic mass is 9.89. The van der Waals surface area contributed by atoms with Crippen molar-refractivity contribution in [3.63, 3.8) is 0 Å². The van der Waals surface area contributed by atoms with E-state index in [-0.39, 0.29) is 11.3 Å². The third kappa shape index (κ3) is 5.12. The van der Waals surface area contributed by atoms with Crippen LogP contribution in [0.25, 0.3) is 16.7 Å². The van der Waals surface area contributed by atoms with Crippen LogP contribution in [0.1, 0.15) is 56.4 Å². The van der Waals surface area contributed by atoms with Crippen molar-refractivity contribution in [3.05, 3.63) is 47.4 Å². The van der Waals surface area contributed by atoms with E-state index >= 15 is 0 Å². The van der Waals surface area contributed by atoms with E-state index in [2.05, 4.69) is 49.0 Å². The molecule has 3 aromatic heterocycles. The molecule has 0 aliphatic carbocycles. The maximum atomic E-state index is 12.4. The number of carbonyl (C=O) groups is 1. The van der Waals surface area contributed by atoms with E-state index in [4.69, 9.17) is 19.2 Å². The quantitative estimate of drug-likeness (QED) is 0.479. The Kier molecular flexibility index (Phi) is 7.04. The van der Waals surface area contributed by atoms with E-state index in [9.17, 15) is 4.79 Å². The molecule has 0 spiro atoms. The summed E-state index contributed by atoms with van der Waals surface area (Å²) >= 11 is 0. The number of nitrogens with zero attached hydrogens (tertiary/aromatic N) is 3. The fourth-order valence-corrected chi connectivity index (χ4v) is 4.74. The van der Waals surface area contributed by atoms with Crippen molar-refractivity contribution in [2.24, 2.45) is 5.41 Å². The van der Waals surface area contributed by atoms with Crippen LogP contribution in [0, 0.1) is 24.2 Å². The fourth-order valence-electron chi connectivity index (χ4n) is 4.74. The van der Waals surface area contributed by atoms with Crippen LogP contribution in [0.15, 0.2) is 30.6 Å². The Morgan fingerprint density at radius 1 is 1.24 bits per heavy atom. The molecule has 2 fully saturated rings. The van der Waals surface area contributed by atoms with Crippen molar-refractivity contribution in [2.45, 2.75) is 52.1 Å². The second-order valence-corrected chi connectivity index (χ2v) is 10.3. The summed E-state index contributed by atoms with van der Waals surface area (Å²) in [6.07, 6.45) is 6.81. The lowest BCUT2D eigenvalue weighted by Crippen LogP contribution is -2.38. The van der Waals surface area contributed by atoms with Gasteiger partial charge in [0.25, 0.3) is 0 Å². The lowest BCUT2D eigenvalue weighted by molar-refractivity contribution is -0.116. The van der Waals surface area contributed by atoms with E-state index < -0.39 is 5.60 Å². The van der Waals surface area contributed by atoms with Gasteiger partial charge in [-0.2, -0.15) is 0 Å². The summed E-state index contributed by atoms with van der Waals surface area (Å²) in [5, 5.41) is 3.84. The first-order valence-corrected chi connectivity index (χ1v) is 12.9. The number of rotatable bonds is 7. The molecule has 5 heterocycles. The van der Waals surface area contributed by atoms with Crippen LogP contribution in [0.5, 0.6) is 0 Å². The molecule has 1 amide bonds. The zero-order valence-corrected chi connectivity index (χ0v) is 22.0. The highest BCUT2D eigenvalue weighted by Gasteiger charge is 2.38. The molecule has 37 heavy (non-hydrogen) atoms. The molecule has 1 atom stereocenters. The van der Waals surface area contributed by atoms with E-state index in [1.807, 2.05) is 22.9 Å². The summed E-state index contributed by atoms with van der Waals surface area (Å²) in [6.45, 7) is 8.61. The molecule has 0 bridgehead atoms. The Labute approximate surface area is 217 Å².